The van der Waals surface area contributed by atoms with Crippen molar-refractivity contribution in [1.29, 1.82) is 0 Å². The van der Waals surface area contributed by atoms with Crippen LogP contribution in [0.15, 0.2) is 0 Å². The molecule has 0 unspecified atom stereocenters. The maximum absolute atomic E-state index is 9.75. The monoisotopic (exact) mass is 474 g/mol. The summed E-state index contributed by atoms with van der Waals surface area (Å²) >= 11 is 0. The van der Waals surface area contributed by atoms with E-state index in [2.05, 4.69) is 0 Å². The van der Waals surface area contributed by atoms with Crippen molar-refractivity contribution < 1.29 is 103 Å². The van der Waals surface area contributed by atoms with Crippen molar-refractivity contribution in [3.63, 3.8) is 0 Å². The molecule has 0 spiro atoms. The van der Waals surface area contributed by atoms with Crippen molar-refractivity contribution >= 4 is 29.0 Å². The third kappa shape index (κ3) is 232000. The number of rotatable bonds is 0. The van der Waals surface area contributed by atoms with Gasteiger partial charge >= 0.3 is 63.2 Å². The van der Waals surface area contributed by atoms with Crippen LogP contribution in [0.5, 0.6) is 0 Å². The van der Waals surface area contributed by atoms with Crippen molar-refractivity contribution in [2.45, 2.75) is 0 Å². The van der Waals surface area contributed by atoms with Gasteiger partial charge in [-0.05, 0) is 0 Å². The fourth-order valence-electron chi connectivity index (χ4n) is 0. The summed E-state index contributed by atoms with van der Waals surface area (Å²) in [5.41, 5.74) is 0. The van der Waals surface area contributed by atoms with E-state index in [0.29, 0.717) is 0 Å². The van der Waals surface area contributed by atoms with Crippen LogP contribution < -0.4 is 0 Å². The molecule has 2 radical (unpaired) electrons. The van der Waals surface area contributed by atoms with Gasteiger partial charge in [-0.15, -0.1) is 0 Å². The fourth-order valence-corrected chi connectivity index (χ4v) is 0. The molecule has 146 valence electrons. The van der Waals surface area contributed by atoms with Crippen LogP contribution in [0.3, 0.4) is 0 Å². The molecule has 0 aromatic carbocycles. The summed E-state index contributed by atoms with van der Waals surface area (Å²) in [5, 5.41) is 0. The Morgan fingerprint density at radius 2 is 0.227 bits per heavy atom. The predicted octanol–water partition coefficient (Wildman–Crippen LogP) is 5.20. The van der Waals surface area contributed by atoms with Gasteiger partial charge in [-0.3, -0.25) is 0 Å². The first-order valence-corrected chi connectivity index (χ1v) is 3.49. The van der Waals surface area contributed by atoms with Gasteiger partial charge in [0.2, 0.25) is 0 Å². The van der Waals surface area contributed by atoms with Crippen LogP contribution in [0.2, 0.25) is 0 Å². The minimum absolute atomic E-state index is 0. The Labute approximate surface area is 133 Å². The molecule has 0 aromatic heterocycles. The van der Waals surface area contributed by atoms with Gasteiger partial charge in [0, 0.05) is 0 Å². The molecule has 0 N–H and O–H groups in total. The number of hydrogen-bond acceptors (Lipinski definition) is 0. The van der Waals surface area contributed by atoms with Crippen molar-refractivity contribution in [1.82, 2.24) is 0 Å². The minimum atomic E-state index is -6.00. The quantitative estimate of drug-likeness (QED) is 0.335. The normalized spacial score (nSPS) is 10.9. The molecule has 0 aliphatic heterocycles. The second-order valence-electron chi connectivity index (χ2n) is 1.98. The summed E-state index contributed by atoms with van der Waals surface area (Å²) < 4.78 is 156. The van der Waals surface area contributed by atoms with Crippen molar-refractivity contribution in [2.75, 3.05) is 0 Å². The minimum Gasteiger partial charge on any atom is -0.418 e. The molecule has 0 rings (SSSR count). The standard InChI is InChI=1S/4BF4.2Cu/c4*2-1(3,4)5;;/q4*-1;2*+2. The van der Waals surface area contributed by atoms with Crippen LogP contribution in [-0.4, -0.2) is 29.0 Å². The molecule has 22 heteroatoms. The van der Waals surface area contributed by atoms with E-state index in [1.807, 2.05) is 0 Å². The Bertz CT molecular complexity index is 134. The molecular weight excluding hydrogens is 474 g/mol. The molecule has 0 fully saturated rings. The molecule has 0 aromatic rings. The van der Waals surface area contributed by atoms with Gasteiger partial charge in [0.25, 0.3) is 0 Å². The first-order valence-electron chi connectivity index (χ1n) is 3.49. The Hall–Kier alpha value is 0.179. The topological polar surface area (TPSA) is 0 Å². The smallest absolute Gasteiger partial charge is 0.418 e. The van der Waals surface area contributed by atoms with Gasteiger partial charge < -0.3 is 69.1 Å². The molecule has 0 saturated heterocycles. The summed E-state index contributed by atoms with van der Waals surface area (Å²) in [6.07, 6.45) is 0. The van der Waals surface area contributed by atoms with Crippen LogP contribution in [0, 0.1) is 0 Å². The van der Waals surface area contributed by atoms with Gasteiger partial charge in [0.05, 0.1) is 0 Å². The summed E-state index contributed by atoms with van der Waals surface area (Å²) in [6.45, 7) is 0. The molecule has 0 aliphatic carbocycles. The molecular formula is B4Cu2F16. The Kier molecular flexibility index (Phi) is 25.5. The van der Waals surface area contributed by atoms with E-state index in [9.17, 15) is 69.1 Å². The van der Waals surface area contributed by atoms with E-state index in [-0.39, 0.29) is 34.1 Å². The zero-order chi connectivity index (χ0) is 18.0. The van der Waals surface area contributed by atoms with Gasteiger partial charge in [0.1, 0.15) is 0 Å². The molecule has 0 amide bonds. The van der Waals surface area contributed by atoms with Gasteiger partial charge in [0.15, 0.2) is 0 Å². The largest absolute Gasteiger partial charge is 2.00 e. The molecule has 22 heavy (non-hydrogen) atoms. The Morgan fingerprint density at radius 1 is 0.227 bits per heavy atom. The van der Waals surface area contributed by atoms with Gasteiger partial charge in [-0.2, -0.15) is 0 Å². The second-order valence-corrected chi connectivity index (χ2v) is 1.98. The number of hydrogen-bond donors (Lipinski definition) is 0. The zero-order valence-electron chi connectivity index (χ0n) is 8.96. The van der Waals surface area contributed by atoms with E-state index in [0.717, 1.165) is 0 Å². The van der Waals surface area contributed by atoms with E-state index in [1.165, 1.54) is 0 Å². The van der Waals surface area contributed by atoms with Crippen LogP contribution in [0.4, 0.5) is 69.1 Å². The summed E-state index contributed by atoms with van der Waals surface area (Å²) in [7, 11) is -24.0. The predicted molar refractivity (Wildman–Crippen MR) is 40.7 cm³/mol. The van der Waals surface area contributed by atoms with E-state index < -0.39 is 29.0 Å². The van der Waals surface area contributed by atoms with Crippen LogP contribution >= 0.6 is 0 Å². The van der Waals surface area contributed by atoms with Gasteiger partial charge in [-0.25, -0.2) is 0 Å². The van der Waals surface area contributed by atoms with Crippen LogP contribution in [-0.2, 0) is 34.1 Å². The maximum atomic E-state index is 9.75. The summed E-state index contributed by atoms with van der Waals surface area (Å²) in [5.74, 6) is 0. The molecule has 0 nitrogen and oxygen atoms in total. The zero-order valence-corrected chi connectivity index (χ0v) is 10.8. The molecule has 0 heterocycles. The third-order valence-corrected chi connectivity index (χ3v) is 0. The molecule has 0 atom stereocenters. The summed E-state index contributed by atoms with van der Waals surface area (Å²) in [4.78, 5) is 0. The Morgan fingerprint density at radius 3 is 0.227 bits per heavy atom. The maximum Gasteiger partial charge on any atom is 2.00 e. The van der Waals surface area contributed by atoms with Gasteiger partial charge in [-0.1, -0.05) is 0 Å². The average Bonchev–Trinajstić information content (AvgIpc) is 1.62. The van der Waals surface area contributed by atoms with Crippen molar-refractivity contribution in [3.05, 3.63) is 0 Å². The first kappa shape index (κ1) is 38.0. The van der Waals surface area contributed by atoms with E-state index in [1.54, 1.807) is 0 Å². The van der Waals surface area contributed by atoms with Crippen molar-refractivity contribution in [3.8, 4) is 0 Å². The van der Waals surface area contributed by atoms with E-state index >= 15 is 0 Å². The SMILES string of the molecule is F[B-](F)(F)F.F[B-](F)(F)F.F[B-](F)(F)F.F[B-](F)(F)F.[Cu+2].[Cu+2]. The fraction of sp³-hybridized carbons (Fsp3) is 0. The third-order valence-electron chi connectivity index (χ3n) is 0. The summed E-state index contributed by atoms with van der Waals surface area (Å²) in [6, 6.07) is 0. The second kappa shape index (κ2) is 14.8. The van der Waals surface area contributed by atoms with Crippen LogP contribution in [0.1, 0.15) is 0 Å². The first-order chi connectivity index (χ1) is 8.00. The Balaban J connectivity index is -0.0000000376. The average molecular weight is 474 g/mol. The van der Waals surface area contributed by atoms with E-state index in [4.69, 9.17) is 0 Å². The number of halogens is 16. The molecule has 0 aliphatic rings. The van der Waals surface area contributed by atoms with Crippen molar-refractivity contribution in [2.24, 2.45) is 0 Å². The molecule has 0 bridgehead atoms. The van der Waals surface area contributed by atoms with Crippen LogP contribution in [0.25, 0.3) is 0 Å². The molecule has 0 saturated carbocycles.